The van der Waals surface area contributed by atoms with Crippen LogP contribution in [0.5, 0.6) is 0 Å². The summed E-state index contributed by atoms with van der Waals surface area (Å²) in [6, 6.07) is 16.1. The van der Waals surface area contributed by atoms with Crippen LogP contribution in [-0.2, 0) is 19.7 Å². The smallest absolute Gasteiger partial charge is 0.253 e. The Hall–Kier alpha value is -2.73. The third-order valence-electron chi connectivity index (χ3n) is 7.18. The lowest BCUT2D eigenvalue weighted by Gasteiger charge is -2.40. The molecule has 2 amide bonds. The molecule has 2 aliphatic heterocycles. The number of hydrogen-bond acceptors (Lipinski definition) is 3. The lowest BCUT2D eigenvalue weighted by Crippen LogP contribution is -2.57. The number of likely N-dealkylation sites (tertiary alicyclic amines) is 1. The third kappa shape index (κ3) is 3.53. The fourth-order valence-corrected chi connectivity index (χ4v) is 5.50. The second-order valence-electron chi connectivity index (χ2n) is 9.06. The Kier molecular flexibility index (Phi) is 5.05. The Balaban J connectivity index is 1.37. The molecule has 2 aromatic rings. The Morgan fingerprint density at radius 1 is 0.935 bits per heavy atom. The van der Waals surface area contributed by atoms with Crippen LogP contribution in [0, 0.1) is 5.82 Å². The molecule has 1 atom stereocenters. The van der Waals surface area contributed by atoms with E-state index in [0.717, 1.165) is 31.2 Å². The minimum absolute atomic E-state index is 0.0246. The van der Waals surface area contributed by atoms with Gasteiger partial charge in [0, 0.05) is 12.2 Å². The molecule has 0 aromatic heterocycles. The number of benzene rings is 2. The number of halogens is 1. The van der Waals surface area contributed by atoms with Gasteiger partial charge in [0.2, 0.25) is 5.91 Å². The normalized spacial score (nSPS) is 25.4. The summed E-state index contributed by atoms with van der Waals surface area (Å²) < 4.78 is 19.4. The van der Waals surface area contributed by atoms with Crippen LogP contribution in [0.15, 0.2) is 54.6 Å². The van der Waals surface area contributed by atoms with E-state index >= 15 is 0 Å². The quantitative estimate of drug-likeness (QED) is 0.758. The van der Waals surface area contributed by atoms with Crippen LogP contribution in [-0.4, -0.2) is 48.6 Å². The van der Waals surface area contributed by atoms with Gasteiger partial charge in [-0.25, -0.2) is 4.39 Å². The Bertz CT molecular complexity index is 972. The Morgan fingerprint density at radius 2 is 1.65 bits per heavy atom. The van der Waals surface area contributed by atoms with Gasteiger partial charge in [0.15, 0.2) is 0 Å². The number of nitrogens with zero attached hydrogens (tertiary/aromatic N) is 2. The largest absolute Gasteiger partial charge is 0.361 e. The minimum atomic E-state index is -0.575. The number of hydrogen-bond donors (Lipinski definition) is 0. The van der Waals surface area contributed by atoms with Gasteiger partial charge in [0.25, 0.3) is 5.91 Å². The van der Waals surface area contributed by atoms with Crippen LogP contribution in [0.2, 0.25) is 0 Å². The van der Waals surface area contributed by atoms with Crippen molar-refractivity contribution in [2.24, 2.45) is 0 Å². The molecule has 2 heterocycles. The second kappa shape index (κ2) is 7.75. The first-order valence-corrected chi connectivity index (χ1v) is 11.1. The molecule has 1 spiro atoms. The topological polar surface area (TPSA) is 49.9 Å². The van der Waals surface area contributed by atoms with E-state index in [0.29, 0.717) is 31.7 Å². The summed E-state index contributed by atoms with van der Waals surface area (Å²) in [7, 11) is 0. The van der Waals surface area contributed by atoms with Crippen LogP contribution >= 0.6 is 0 Å². The average Bonchev–Trinajstić information content (AvgIpc) is 3.45. The molecule has 3 fully saturated rings. The first-order chi connectivity index (χ1) is 15.0. The number of carbonyl (C=O) groups excluding carboxylic acids is 2. The third-order valence-corrected chi connectivity index (χ3v) is 7.18. The number of carbonyl (C=O) groups is 2. The molecule has 6 heteroatoms. The van der Waals surface area contributed by atoms with Gasteiger partial charge in [-0.3, -0.25) is 9.59 Å². The van der Waals surface area contributed by atoms with Crippen LogP contribution in [0.1, 0.15) is 37.7 Å². The molecule has 2 aromatic carbocycles. The molecule has 0 radical (unpaired) electrons. The van der Waals surface area contributed by atoms with E-state index in [9.17, 15) is 14.0 Å². The van der Waals surface area contributed by atoms with E-state index < -0.39 is 11.0 Å². The molecule has 1 aliphatic carbocycles. The molecular formula is C25H27FN2O3. The van der Waals surface area contributed by atoms with Crippen LogP contribution in [0.4, 0.5) is 10.1 Å². The zero-order valence-electron chi connectivity index (χ0n) is 17.6. The summed E-state index contributed by atoms with van der Waals surface area (Å²) in [6.07, 6.45) is 4.56. The number of ether oxygens (including phenoxy) is 1. The summed E-state index contributed by atoms with van der Waals surface area (Å²) in [5, 5.41) is 0. The number of anilines is 1. The molecule has 0 unspecified atom stereocenters. The van der Waals surface area contributed by atoms with Crippen molar-refractivity contribution in [3.05, 3.63) is 66.0 Å². The SMILES string of the molecule is O=C1CO[C@]2(CCN(C(=O)C3(c4ccccc4)CCCC3)C2)CN1c1ccc(F)cc1. The molecule has 0 N–H and O–H groups in total. The predicted molar refractivity (Wildman–Crippen MR) is 115 cm³/mol. The highest BCUT2D eigenvalue weighted by Crippen LogP contribution is 2.44. The van der Waals surface area contributed by atoms with Crippen molar-refractivity contribution in [2.75, 3.05) is 31.1 Å². The van der Waals surface area contributed by atoms with Gasteiger partial charge in [-0.1, -0.05) is 43.2 Å². The molecular weight excluding hydrogens is 395 g/mol. The van der Waals surface area contributed by atoms with Gasteiger partial charge in [0.1, 0.15) is 18.0 Å². The molecule has 1 saturated carbocycles. The molecule has 5 nitrogen and oxygen atoms in total. The van der Waals surface area contributed by atoms with E-state index in [1.165, 1.54) is 12.1 Å². The van der Waals surface area contributed by atoms with E-state index in [2.05, 4.69) is 12.1 Å². The summed E-state index contributed by atoms with van der Waals surface area (Å²) in [6.45, 7) is 1.45. The van der Waals surface area contributed by atoms with Crippen LogP contribution in [0.25, 0.3) is 0 Å². The van der Waals surface area contributed by atoms with Crippen molar-refractivity contribution >= 4 is 17.5 Å². The maximum Gasteiger partial charge on any atom is 0.253 e. The van der Waals surface area contributed by atoms with Crippen molar-refractivity contribution < 1.29 is 18.7 Å². The maximum atomic E-state index is 13.8. The van der Waals surface area contributed by atoms with Gasteiger partial charge in [-0.15, -0.1) is 0 Å². The van der Waals surface area contributed by atoms with Crippen LogP contribution in [0.3, 0.4) is 0 Å². The van der Waals surface area contributed by atoms with Crippen LogP contribution < -0.4 is 4.90 Å². The van der Waals surface area contributed by atoms with E-state index in [1.54, 1.807) is 17.0 Å². The van der Waals surface area contributed by atoms with Gasteiger partial charge < -0.3 is 14.5 Å². The van der Waals surface area contributed by atoms with Crippen molar-refractivity contribution in [3.8, 4) is 0 Å². The van der Waals surface area contributed by atoms with Crippen molar-refractivity contribution in [1.82, 2.24) is 4.90 Å². The maximum absolute atomic E-state index is 13.8. The van der Waals surface area contributed by atoms with Gasteiger partial charge >= 0.3 is 0 Å². The molecule has 31 heavy (non-hydrogen) atoms. The lowest BCUT2D eigenvalue weighted by atomic mass is 9.77. The first-order valence-electron chi connectivity index (χ1n) is 11.1. The van der Waals surface area contributed by atoms with E-state index in [-0.39, 0.29) is 24.2 Å². The van der Waals surface area contributed by atoms with Gasteiger partial charge in [0.05, 0.1) is 18.5 Å². The second-order valence-corrected chi connectivity index (χ2v) is 9.06. The summed E-state index contributed by atoms with van der Waals surface area (Å²) in [5.74, 6) is -0.292. The van der Waals surface area contributed by atoms with Crippen molar-refractivity contribution in [2.45, 2.75) is 43.1 Å². The number of rotatable bonds is 3. The fraction of sp³-hybridized carbons (Fsp3) is 0.440. The zero-order chi connectivity index (χ0) is 21.5. The summed E-state index contributed by atoms with van der Waals surface area (Å²) in [5.41, 5.74) is 0.740. The van der Waals surface area contributed by atoms with Gasteiger partial charge in [-0.2, -0.15) is 0 Å². The molecule has 0 bridgehead atoms. The number of morpholine rings is 1. The standard InChI is InChI=1S/C25H27FN2O3/c26-20-8-10-21(11-9-20)28-18-24(31-16-22(28)29)14-15-27(17-24)23(30)25(12-4-5-13-25)19-6-2-1-3-7-19/h1-3,6-11H,4-5,12-18H2/t24-/m0/s1. The molecule has 162 valence electrons. The van der Waals surface area contributed by atoms with E-state index in [4.69, 9.17) is 4.74 Å². The predicted octanol–water partition coefficient (Wildman–Crippen LogP) is 3.67. The number of amides is 2. The average molecular weight is 423 g/mol. The van der Waals surface area contributed by atoms with Crippen molar-refractivity contribution in [1.29, 1.82) is 0 Å². The zero-order valence-corrected chi connectivity index (χ0v) is 17.6. The Labute approximate surface area is 181 Å². The highest BCUT2D eigenvalue weighted by Gasteiger charge is 2.51. The first kappa shape index (κ1) is 20.2. The fourth-order valence-electron chi connectivity index (χ4n) is 5.50. The highest BCUT2D eigenvalue weighted by molar-refractivity contribution is 5.95. The monoisotopic (exact) mass is 422 g/mol. The molecule has 5 rings (SSSR count). The lowest BCUT2D eigenvalue weighted by molar-refractivity contribution is -0.141. The highest BCUT2D eigenvalue weighted by atomic mass is 19.1. The molecule has 2 saturated heterocycles. The summed E-state index contributed by atoms with van der Waals surface area (Å²) >= 11 is 0. The van der Waals surface area contributed by atoms with E-state index in [1.807, 2.05) is 23.1 Å². The molecule has 3 aliphatic rings. The Morgan fingerprint density at radius 3 is 2.35 bits per heavy atom. The summed E-state index contributed by atoms with van der Waals surface area (Å²) in [4.78, 5) is 29.9. The minimum Gasteiger partial charge on any atom is -0.361 e. The van der Waals surface area contributed by atoms with Gasteiger partial charge in [-0.05, 0) is 49.1 Å². The van der Waals surface area contributed by atoms with Crippen molar-refractivity contribution in [3.63, 3.8) is 0 Å².